The van der Waals surface area contributed by atoms with Crippen LogP contribution in [0.4, 0.5) is 0 Å². The molecule has 2 aromatic rings. The van der Waals surface area contributed by atoms with Crippen LogP contribution in [0, 0.1) is 0 Å². The Balaban J connectivity index is 2.95. The lowest BCUT2D eigenvalue weighted by molar-refractivity contribution is 0.0695. The number of carboxylic acid groups (broad SMARTS) is 1. The average molecular weight is 253 g/mol. The third-order valence-corrected chi connectivity index (χ3v) is 2.67. The number of aromatic nitrogens is 1. The normalized spacial score (nSPS) is 10.5. The summed E-state index contributed by atoms with van der Waals surface area (Å²) in [5, 5.41) is 9.72. The van der Waals surface area contributed by atoms with Gasteiger partial charge in [0.15, 0.2) is 0 Å². The molecule has 0 fully saturated rings. The Morgan fingerprint density at radius 2 is 2.18 bits per heavy atom. The van der Waals surface area contributed by atoms with Crippen LogP contribution in [-0.4, -0.2) is 22.8 Å². The van der Waals surface area contributed by atoms with Crippen LogP contribution >= 0.6 is 11.6 Å². The molecule has 0 atom stereocenters. The summed E-state index contributed by atoms with van der Waals surface area (Å²) in [5.41, 5.74) is 2.51. The van der Waals surface area contributed by atoms with Crippen molar-refractivity contribution in [3.8, 4) is 0 Å². The molecule has 0 spiro atoms. The van der Waals surface area contributed by atoms with Crippen molar-refractivity contribution in [2.75, 3.05) is 12.5 Å². The van der Waals surface area contributed by atoms with Crippen molar-refractivity contribution in [1.29, 1.82) is 0 Å². The first kappa shape index (κ1) is 11.5. The summed E-state index contributed by atoms with van der Waals surface area (Å²) in [6, 6.07) is 4.66. The first-order chi connectivity index (χ1) is 8.04. The molecule has 1 aromatic carbocycles. The maximum Gasteiger partial charge on any atom is 0.341 e. The highest BCUT2D eigenvalue weighted by atomic mass is 35.5. The molecule has 0 aliphatic rings. The van der Waals surface area contributed by atoms with Crippen molar-refractivity contribution < 1.29 is 9.90 Å². The van der Waals surface area contributed by atoms with Crippen molar-refractivity contribution in [2.24, 2.45) is 0 Å². The number of nitrogens with one attached hydrogen (secondary N) is 1. The molecule has 0 amide bonds. The molecule has 1 aromatic heterocycles. The SMILES string of the molecule is CNn1cc(C(=O)O)c(=O)c2ccc(Cl)cc21. The minimum absolute atomic E-state index is 0.283. The molecule has 88 valence electrons. The number of pyridine rings is 1. The zero-order valence-corrected chi connectivity index (χ0v) is 9.65. The molecule has 0 saturated carbocycles. The topological polar surface area (TPSA) is 71.3 Å². The highest BCUT2D eigenvalue weighted by Crippen LogP contribution is 2.16. The van der Waals surface area contributed by atoms with Crippen LogP contribution in [0.25, 0.3) is 10.9 Å². The summed E-state index contributed by atoms with van der Waals surface area (Å²) in [7, 11) is 1.62. The lowest BCUT2D eigenvalue weighted by Crippen LogP contribution is -2.21. The molecule has 5 nitrogen and oxygen atoms in total. The first-order valence-corrected chi connectivity index (χ1v) is 5.18. The fourth-order valence-corrected chi connectivity index (χ4v) is 1.80. The number of benzene rings is 1. The van der Waals surface area contributed by atoms with Gasteiger partial charge in [0.05, 0.1) is 5.52 Å². The molecular weight excluding hydrogens is 244 g/mol. The molecule has 0 unspecified atom stereocenters. The van der Waals surface area contributed by atoms with Crippen LogP contribution in [0.15, 0.2) is 29.2 Å². The second kappa shape index (κ2) is 4.10. The number of carboxylic acids is 1. The predicted octanol–water partition coefficient (Wildman–Crippen LogP) is 1.53. The second-order valence-electron chi connectivity index (χ2n) is 3.43. The van der Waals surface area contributed by atoms with Crippen molar-refractivity contribution >= 4 is 28.5 Å². The van der Waals surface area contributed by atoms with E-state index in [1.807, 2.05) is 0 Å². The van der Waals surface area contributed by atoms with Crippen LogP contribution < -0.4 is 10.9 Å². The molecule has 2 N–H and O–H groups in total. The van der Waals surface area contributed by atoms with Gasteiger partial charge in [0.25, 0.3) is 0 Å². The van der Waals surface area contributed by atoms with Gasteiger partial charge in [0.2, 0.25) is 5.43 Å². The summed E-state index contributed by atoms with van der Waals surface area (Å²) in [4.78, 5) is 22.8. The van der Waals surface area contributed by atoms with Crippen molar-refractivity contribution in [2.45, 2.75) is 0 Å². The van der Waals surface area contributed by atoms with E-state index in [0.717, 1.165) is 0 Å². The lowest BCUT2D eigenvalue weighted by atomic mass is 10.1. The van der Waals surface area contributed by atoms with Gasteiger partial charge < -0.3 is 10.5 Å². The van der Waals surface area contributed by atoms with Crippen molar-refractivity contribution in [3.63, 3.8) is 0 Å². The molecule has 0 saturated heterocycles. The number of aromatic carboxylic acids is 1. The first-order valence-electron chi connectivity index (χ1n) is 4.80. The molecule has 0 aliphatic heterocycles. The van der Waals surface area contributed by atoms with E-state index in [1.165, 1.54) is 16.9 Å². The molecule has 2 rings (SSSR count). The third-order valence-electron chi connectivity index (χ3n) is 2.44. The van der Waals surface area contributed by atoms with E-state index >= 15 is 0 Å². The molecule has 1 heterocycles. The standard InChI is InChI=1S/C11H9ClN2O3/c1-13-14-5-8(11(16)17)10(15)7-3-2-6(12)4-9(7)14/h2-5,13H,1H3,(H,16,17). The van der Waals surface area contributed by atoms with E-state index in [2.05, 4.69) is 5.43 Å². The summed E-state index contributed by atoms with van der Waals surface area (Å²) >= 11 is 5.84. The predicted molar refractivity (Wildman–Crippen MR) is 65.5 cm³/mol. The summed E-state index contributed by atoms with van der Waals surface area (Å²) in [6.45, 7) is 0. The van der Waals surface area contributed by atoms with Crippen LogP contribution in [-0.2, 0) is 0 Å². The van der Waals surface area contributed by atoms with E-state index in [4.69, 9.17) is 16.7 Å². The Bertz CT molecular complexity index is 664. The highest BCUT2D eigenvalue weighted by molar-refractivity contribution is 6.31. The van der Waals surface area contributed by atoms with Crippen molar-refractivity contribution in [3.05, 3.63) is 45.2 Å². The van der Waals surface area contributed by atoms with E-state index in [9.17, 15) is 9.59 Å². The third kappa shape index (κ3) is 1.85. The van der Waals surface area contributed by atoms with Gasteiger partial charge in [-0.3, -0.25) is 9.47 Å². The average Bonchev–Trinajstić information content (AvgIpc) is 2.29. The fourth-order valence-electron chi connectivity index (χ4n) is 1.64. The minimum Gasteiger partial charge on any atom is -0.477 e. The smallest absolute Gasteiger partial charge is 0.341 e. The number of hydrogen-bond acceptors (Lipinski definition) is 3. The molecule has 0 bridgehead atoms. The zero-order valence-electron chi connectivity index (χ0n) is 8.90. The maximum atomic E-state index is 11.9. The number of halogens is 1. The van der Waals surface area contributed by atoms with E-state index < -0.39 is 11.4 Å². The fraction of sp³-hybridized carbons (Fsp3) is 0.0909. The number of hydrogen-bond donors (Lipinski definition) is 2. The molecule has 0 radical (unpaired) electrons. The number of rotatable bonds is 2. The number of carbonyl (C=O) groups is 1. The van der Waals surface area contributed by atoms with Gasteiger partial charge in [-0.1, -0.05) is 11.6 Å². The van der Waals surface area contributed by atoms with Crippen LogP contribution in [0.3, 0.4) is 0 Å². The van der Waals surface area contributed by atoms with Gasteiger partial charge in [-0.15, -0.1) is 0 Å². The quantitative estimate of drug-likeness (QED) is 0.850. The largest absolute Gasteiger partial charge is 0.477 e. The van der Waals surface area contributed by atoms with Gasteiger partial charge in [0, 0.05) is 23.7 Å². The van der Waals surface area contributed by atoms with E-state index in [-0.39, 0.29) is 5.56 Å². The minimum atomic E-state index is -1.25. The van der Waals surface area contributed by atoms with E-state index in [1.54, 1.807) is 19.2 Å². The lowest BCUT2D eigenvalue weighted by Gasteiger charge is -2.11. The Morgan fingerprint density at radius 1 is 1.47 bits per heavy atom. The highest BCUT2D eigenvalue weighted by Gasteiger charge is 2.14. The Hall–Kier alpha value is -2.01. The number of nitrogens with zero attached hydrogens (tertiary/aromatic N) is 1. The van der Waals surface area contributed by atoms with Gasteiger partial charge in [-0.05, 0) is 18.2 Å². The molecule has 0 aliphatic carbocycles. The Kier molecular flexibility index (Phi) is 2.77. The second-order valence-corrected chi connectivity index (χ2v) is 3.87. The van der Waals surface area contributed by atoms with Crippen LogP contribution in [0.1, 0.15) is 10.4 Å². The van der Waals surface area contributed by atoms with Gasteiger partial charge in [-0.25, -0.2) is 4.79 Å². The summed E-state index contributed by atoms with van der Waals surface area (Å²) in [6.07, 6.45) is 1.24. The zero-order chi connectivity index (χ0) is 12.6. The molecule has 6 heteroatoms. The summed E-state index contributed by atoms with van der Waals surface area (Å²) in [5.74, 6) is -1.25. The molecule has 17 heavy (non-hydrogen) atoms. The Morgan fingerprint density at radius 3 is 2.76 bits per heavy atom. The number of fused-ring (bicyclic) bond motifs is 1. The Labute approximate surface area is 101 Å². The maximum absolute atomic E-state index is 11.9. The van der Waals surface area contributed by atoms with Gasteiger partial charge in [0.1, 0.15) is 5.56 Å². The van der Waals surface area contributed by atoms with Crippen LogP contribution in [0.5, 0.6) is 0 Å². The monoisotopic (exact) mass is 252 g/mol. The van der Waals surface area contributed by atoms with E-state index in [0.29, 0.717) is 15.9 Å². The van der Waals surface area contributed by atoms with Gasteiger partial charge >= 0.3 is 5.97 Å². The molecular formula is C11H9ClN2O3. The van der Waals surface area contributed by atoms with Gasteiger partial charge in [-0.2, -0.15) is 0 Å². The summed E-state index contributed by atoms with van der Waals surface area (Å²) < 4.78 is 1.45. The van der Waals surface area contributed by atoms with Crippen molar-refractivity contribution in [1.82, 2.24) is 4.68 Å². The van der Waals surface area contributed by atoms with Crippen LogP contribution in [0.2, 0.25) is 5.02 Å².